The van der Waals surface area contributed by atoms with Crippen LogP contribution in [0.25, 0.3) is 10.4 Å². The van der Waals surface area contributed by atoms with Gasteiger partial charge in [0.25, 0.3) is 21.8 Å². The lowest BCUT2D eigenvalue weighted by Crippen LogP contribution is -2.19. The maximum atomic E-state index is 11.0. The summed E-state index contributed by atoms with van der Waals surface area (Å²) in [7, 11) is -3.80. The van der Waals surface area contributed by atoms with Gasteiger partial charge in [0.15, 0.2) is 0 Å². The lowest BCUT2D eigenvalue weighted by atomic mass is 10.4. The molecule has 2 amide bonds. The van der Waals surface area contributed by atoms with Crippen LogP contribution in [0, 0.1) is 0 Å². The normalized spacial score (nSPS) is 13.1. The fourth-order valence-corrected chi connectivity index (χ4v) is 1.74. The van der Waals surface area contributed by atoms with E-state index in [1.807, 2.05) is 5.32 Å². The third-order valence-corrected chi connectivity index (χ3v) is 2.97. The number of hydrogen-bond acceptors (Lipinski definition) is 4. The van der Waals surface area contributed by atoms with Crippen molar-refractivity contribution >= 4 is 21.8 Å². The minimum absolute atomic E-state index is 0.00259. The summed E-state index contributed by atoms with van der Waals surface area (Å²) in [4.78, 5) is 22.3. The van der Waals surface area contributed by atoms with Gasteiger partial charge in [-0.25, -0.2) is 8.42 Å². The summed E-state index contributed by atoms with van der Waals surface area (Å²) in [5.41, 5.74) is 7.94. The van der Waals surface area contributed by atoms with Crippen molar-refractivity contribution in [3.05, 3.63) is 52.9 Å². The van der Waals surface area contributed by atoms with Crippen LogP contribution in [-0.4, -0.2) is 20.2 Å². The predicted molar refractivity (Wildman–Crippen MR) is 65.1 cm³/mol. The summed E-state index contributed by atoms with van der Waals surface area (Å²) in [5, 5.41) is 2.03. The van der Waals surface area contributed by atoms with Gasteiger partial charge < -0.3 is 0 Å². The number of nitrogens with one attached hydrogen (secondary N) is 1. The Balaban J connectivity index is 0.000000218. The first-order valence-corrected chi connectivity index (χ1v) is 6.29. The van der Waals surface area contributed by atoms with E-state index in [1.165, 1.54) is 24.3 Å². The maximum Gasteiger partial charge on any atom is 0.264 e. The number of sulfonamides is 1. The van der Waals surface area contributed by atoms with Gasteiger partial charge in [0, 0.05) is 21.6 Å². The lowest BCUT2D eigenvalue weighted by Gasteiger charge is -1.93. The molecule has 0 unspecified atom stereocenters. The quantitative estimate of drug-likeness (QED) is 0.373. The first-order chi connectivity index (χ1) is 8.95. The maximum absolute atomic E-state index is 11.0. The van der Waals surface area contributed by atoms with Crippen molar-refractivity contribution in [2.45, 2.75) is 4.90 Å². The molecule has 0 aromatic heterocycles. The van der Waals surface area contributed by atoms with Crippen molar-refractivity contribution in [1.82, 2.24) is 5.32 Å². The highest BCUT2D eigenvalue weighted by molar-refractivity contribution is 7.90. The number of azide groups is 1. The highest BCUT2D eigenvalue weighted by atomic mass is 32.2. The Morgan fingerprint density at radius 3 is 1.95 bits per heavy atom. The second kappa shape index (κ2) is 6.34. The van der Waals surface area contributed by atoms with Crippen LogP contribution in [0.1, 0.15) is 0 Å². The molecule has 1 N–H and O–H groups in total. The molecule has 1 aromatic carbocycles. The largest absolute Gasteiger partial charge is 0.289 e. The summed E-state index contributed by atoms with van der Waals surface area (Å²) in [5.74, 6) is -0.657. The lowest BCUT2D eigenvalue weighted by molar-refractivity contribution is -0.123. The Kier molecular flexibility index (Phi) is 4.81. The van der Waals surface area contributed by atoms with Gasteiger partial charge >= 0.3 is 0 Å². The number of carbonyl (C=O) groups excluding carboxylic acids is 2. The van der Waals surface area contributed by atoms with Crippen molar-refractivity contribution < 1.29 is 18.0 Å². The number of imide groups is 1. The zero-order valence-electron chi connectivity index (χ0n) is 9.42. The molecule has 0 saturated carbocycles. The molecule has 1 aliphatic heterocycles. The predicted octanol–water partition coefficient (Wildman–Crippen LogP) is 0.885. The molecular weight excluding hydrogens is 272 g/mol. The Labute approximate surface area is 108 Å². The summed E-state index contributed by atoms with van der Waals surface area (Å²) < 4.78 is 24.7. The van der Waals surface area contributed by atoms with E-state index in [0.717, 1.165) is 0 Å². The highest BCUT2D eigenvalue weighted by Crippen LogP contribution is 2.10. The van der Waals surface area contributed by atoms with E-state index in [4.69, 9.17) is 5.53 Å². The smallest absolute Gasteiger partial charge is 0.264 e. The van der Waals surface area contributed by atoms with E-state index in [9.17, 15) is 18.0 Å². The molecule has 0 bridgehead atoms. The SMILES string of the molecule is O=C1C=CC(=O)N1.[N-]=[N+]=NS(=O)(=O)c1ccccc1. The van der Waals surface area contributed by atoms with Crippen LogP contribution in [-0.2, 0) is 19.6 Å². The van der Waals surface area contributed by atoms with Gasteiger partial charge in [-0.15, -0.1) is 0 Å². The fourth-order valence-electron chi connectivity index (χ4n) is 1.04. The zero-order valence-corrected chi connectivity index (χ0v) is 10.2. The summed E-state index contributed by atoms with van der Waals surface area (Å²) >= 11 is 0. The fraction of sp³-hybridized carbons (Fsp3) is 0. The molecule has 0 aliphatic carbocycles. The molecule has 9 heteroatoms. The molecule has 0 atom stereocenters. The molecule has 1 aliphatic rings. The van der Waals surface area contributed by atoms with E-state index in [0.29, 0.717) is 0 Å². The van der Waals surface area contributed by atoms with E-state index in [-0.39, 0.29) is 16.7 Å². The number of nitrogens with zero attached hydrogens (tertiary/aromatic N) is 3. The summed E-state index contributed by atoms with van der Waals surface area (Å²) in [6.45, 7) is 0. The molecule has 1 heterocycles. The molecule has 2 rings (SSSR count). The van der Waals surface area contributed by atoms with Crippen LogP contribution in [0.4, 0.5) is 0 Å². The highest BCUT2D eigenvalue weighted by Gasteiger charge is 2.09. The average molecular weight is 280 g/mol. The van der Waals surface area contributed by atoms with Gasteiger partial charge in [0.2, 0.25) is 0 Å². The first kappa shape index (κ1) is 14.4. The van der Waals surface area contributed by atoms with Gasteiger partial charge in [-0.1, -0.05) is 18.2 Å². The molecule has 0 fully saturated rings. The van der Waals surface area contributed by atoms with Crippen molar-refractivity contribution in [3.63, 3.8) is 0 Å². The number of benzene rings is 1. The number of hydrogen-bond donors (Lipinski definition) is 1. The van der Waals surface area contributed by atoms with E-state index < -0.39 is 10.0 Å². The van der Waals surface area contributed by atoms with Gasteiger partial charge in [-0.3, -0.25) is 14.9 Å². The monoisotopic (exact) mass is 280 g/mol. The third-order valence-electron chi connectivity index (χ3n) is 1.82. The topological polar surface area (TPSA) is 129 Å². The Hall–Kier alpha value is -2.64. The Morgan fingerprint density at radius 1 is 1.05 bits per heavy atom. The zero-order chi connectivity index (χ0) is 14.3. The molecule has 8 nitrogen and oxygen atoms in total. The van der Waals surface area contributed by atoms with E-state index in [1.54, 1.807) is 18.2 Å². The average Bonchev–Trinajstić information content (AvgIpc) is 2.75. The molecule has 1 aromatic rings. The molecule has 0 spiro atoms. The van der Waals surface area contributed by atoms with Gasteiger partial charge in [0.05, 0.1) is 4.90 Å². The van der Waals surface area contributed by atoms with Crippen LogP contribution in [0.3, 0.4) is 0 Å². The molecule has 19 heavy (non-hydrogen) atoms. The van der Waals surface area contributed by atoms with Crippen LogP contribution >= 0.6 is 0 Å². The Morgan fingerprint density at radius 2 is 1.58 bits per heavy atom. The van der Waals surface area contributed by atoms with Crippen LogP contribution in [0.2, 0.25) is 0 Å². The number of rotatable bonds is 2. The van der Waals surface area contributed by atoms with Crippen LogP contribution in [0.5, 0.6) is 0 Å². The van der Waals surface area contributed by atoms with Crippen molar-refractivity contribution in [1.29, 1.82) is 0 Å². The van der Waals surface area contributed by atoms with Crippen LogP contribution < -0.4 is 5.32 Å². The van der Waals surface area contributed by atoms with Gasteiger partial charge in [-0.05, 0) is 17.7 Å². The number of carbonyl (C=O) groups is 2. The van der Waals surface area contributed by atoms with E-state index in [2.05, 4.69) is 9.43 Å². The molecule has 0 radical (unpaired) electrons. The van der Waals surface area contributed by atoms with Crippen molar-refractivity contribution in [3.8, 4) is 0 Å². The minimum Gasteiger partial charge on any atom is -0.289 e. The molecule has 98 valence electrons. The number of amides is 2. The van der Waals surface area contributed by atoms with Crippen molar-refractivity contribution in [2.24, 2.45) is 4.52 Å². The third kappa shape index (κ3) is 4.62. The Bertz CT molecular complexity index is 644. The minimum atomic E-state index is -3.80. The van der Waals surface area contributed by atoms with Crippen molar-refractivity contribution in [2.75, 3.05) is 0 Å². The standard InChI is InChI=1S/C6H5N3O2S.C4H3NO2/c7-8-9-12(10,11)6-4-2-1-3-5-6;6-3-1-2-4(7)5-3/h1-5H;1-2H,(H,5,6,7). The van der Waals surface area contributed by atoms with Crippen LogP contribution in [0.15, 0.2) is 51.9 Å². The van der Waals surface area contributed by atoms with E-state index >= 15 is 0 Å². The first-order valence-electron chi connectivity index (χ1n) is 4.85. The molecular formula is C10H8N4O4S. The summed E-state index contributed by atoms with van der Waals surface area (Å²) in [6.07, 6.45) is 2.39. The summed E-state index contributed by atoms with van der Waals surface area (Å²) in [6, 6.07) is 7.52. The second-order valence-electron chi connectivity index (χ2n) is 3.15. The second-order valence-corrected chi connectivity index (χ2v) is 4.73. The van der Waals surface area contributed by atoms with Gasteiger partial charge in [0.1, 0.15) is 0 Å². The molecule has 0 saturated heterocycles. The van der Waals surface area contributed by atoms with Gasteiger partial charge in [-0.2, -0.15) is 0 Å².